The van der Waals surface area contributed by atoms with Crippen LogP contribution in [0.3, 0.4) is 0 Å². The summed E-state index contributed by atoms with van der Waals surface area (Å²) in [6.07, 6.45) is 6.34. The molecule has 0 radical (unpaired) electrons. The van der Waals surface area contributed by atoms with Crippen molar-refractivity contribution in [3.63, 3.8) is 0 Å². The van der Waals surface area contributed by atoms with Crippen LogP contribution in [0.5, 0.6) is 0 Å². The molecule has 0 saturated carbocycles. The smallest absolute Gasteiger partial charge is 0.289 e. The Morgan fingerprint density at radius 1 is 1.33 bits per heavy atom. The van der Waals surface area contributed by atoms with Gasteiger partial charge in [0.2, 0.25) is 0 Å². The zero-order valence-electron chi connectivity index (χ0n) is 8.26. The first-order chi connectivity index (χ1) is 7.07. The minimum atomic E-state index is -0.414. The Morgan fingerprint density at radius 3 is 2.60 bits per heavy atom. The number of terminal acetylenes is 1. The molecule has 6 nitrogen and oxygen atoms in total. The lowest BCUT2D eigenvalue weighted by atomic mass is 10.5. The summed E-state index contributed by atoms with van der Waals surface area (Å²) in [5.74, 6) is 0. The Hall–Kier alpha value is -2.29. The van der Waals surface area contributed by atoms with E-state index < -0.39 is 5.56 Å². The van der Waals surface area contributed by atoms with Gasteiger partial charge in [-0.1, -0.05) is 6.42 Å². The van der Waals surface area contributed by atoms with Gasteiger partial charge in [-0.25, -0.2) is 14.3 Å². The zero-order valence-corrected chi connectivity index (χ0v) is 8.26. The lowest BCUT2D eigenvalue weighted by Gasteiger charge is -1.95. The van der Waals surface area contributed by atoms with Gasteiger partial charge in [0.15, 0.2) is 11.2 Å². The Bertz CT molecular complexity index is 696. The van der Waals surface area contributed by atoms with Gasteiger partial charge in [0.25, 0.3) is 5.56 Å². The van der Waals surface area contributed by atoms with Crippen LogP contribution in [-0.2, 0) is 14.1 Å². The highest BCUT2D eigenvalue weighted by Gasteiger charge is 2.13. The van der Waals surface area contributed by atoms with Gasteiger partial charge in [0.1, 0.15) is 6.33 Å². The van der Waals surface area contributed by atoms with Gasteiger partial charge in [0, 0.05) is 20.1 Å². The summed E-state index contributed by atoms with van der Waals surface area (Å²) in [6.45, 7) is 0. The fraction of sp³-hybridized carbons (Fsp3) is 0.222. The van der Waals surface area contributed by atoms with E-state index in [1.165, 1.54) is 22.5 Å². The van der Waals surface area contributed by atoms with Crippen molar-refractivity contribution >= 4 is 11.2 Å². The van der Waals surface area contributed by atoms with E-state index in [0.29, 0.717) is 5.65 Å². The van der Waals surface area contributed by atoms with Crippen LogP contribution in [0.4, 0.5) is 0 Å². The van der Waals surface area contributed by atoms with Gasteiger partial charge in [-0.3, -0.25) is 13.9 Å². The van der Waals surface area contributed by atoms with Crippen molar-refractivity contribution in [2.45, 2.75) is 0 Å². The van der Waals surface area contributed by atoms with E-state index in [0.717, 1.165) is 4.57 Å². The van der Waals surface area contributed by atoms with Gasteiger partial charge in [-0.15, -0.1) is 0 Å². The van der Waals surface area contributed by atoms with E-state index in [2.05, 4.69) is 11.0 Å². The van der Waals surface area contributed by atoms with Gasteiger partial charge in [-0.05, 0) is 0 Å². The van der Waals surface area contributed by atoms with E-state index in [1.807, 2.05) is 0 Å². The maximum Gasteiger partial charge on any atom is 0.329 e. The molecule has 0 aliphatic rings. The van der Waals surface area contributed by atoms with E-state index >= 15 is 0 Å². The molecule has 0 spiro atoms. The molecule has 2 rings (SSSR count). The molecule has 76 valence electrons. The summed E-state index contributed by atoms with van der Waals surface area (Å²) >= 11 is 0. The average Bonchev–Trinajstić information content (AvgIpc) is 2.45. The number of hydrogen-bond donors (Lipinski definition) is 0. The largest absolute Gasteiger partial charge is 0.329 e. The molecule has 6 heteroatoms. The van der Waals surface area contributed by atoms with Crippen LogP contribution in [0.2, 0.25) is 0 Å². The molecule has 2 aromatic rings. The number of aromatic nitrogens is 4. The Labute approximate surface area is 84.4 Å². The first-order valence-corrected chi connectivity index (χ1v) is 4.17. The van der Waals surface area contributed by atoms with Crippen molar-refractivity contribution in [3.05, 3.63) is 27.2 Å². The minimum absolute atomic E-state index is 0.211. The number of nitrogens with zero attached hydrogens (tertiary/aromatic N) is 4. The van der Waals surface area contributed by atoms with Crippen LogP contribution in [0.1, 0.15) is 0 Å². The molecule has 0 aliphatic heterocycles. The van der Waals surface area contributed by atoms with Crippen LogP contribution >= 0.6 is 0 Å². The monoisotopic (exact) mass is 204 g/mol. The first-order valence-electron chi connectivity index (χ1n) is 4.17. The van der Waals surface area contributed by atoms with E-state index in [1.54, 1.807) is 7.05 Å². The average molecular weight is 204 g/mol. The summed E-state index contributed by atoms with van der Waals surface area (Å²) in [5, 5.41) is 0. The summed E-state index contributed by atoms with van der Waals surface area (Å²) in [7, 11) is 3.06. The van der Waals surface area contributed by atoms with E-state index in [-0.39, 0.29) is 11.2 Å². The predicted octanol–water partition coefficient (Wildman–Crippen LogP) is -1.13. The molecule has 2 heterocycles. The maximum atomic E-state index is 11.8. The fourth-order valence-electron chi connectivity index (χ4n) is 1.48. The fourth-order valence-corrected chi connectivity index (χ4v) is 1.48. The quantitative estimate of drug-likeness (QED) is 0.510. The second-order valence-electron chi connectivity index (χ2n) is 3.12. The maximum absolute atomic E-state index is 11.8. The zero-order chi connectivity index (χ0) is 11.2. The van der Waals surface area contributed by atoms with Crippen molar-refractivity contribution in [1.29, 1.82) is 0 Å². The molecule has 0 amide bonds. The molecule has 0 N–H and O–H groups in total. The van der Waals surface area contributed by atoms with Crippen LogP contribution in [0, 0.1) is 12.5 Å². The van der Waals surface area contributed by atoms with Crippen molar-refractivity contribution < 1.29 is 0 Å². The number of hydrogen-bond acceptors (Lipinski definition) is 3. The van der Waals surface area contributed by atoms with Crippen molar-refractivity contribution in [2.24, 2.45) is 14.1 Å². The topological polar surface area (TPSA) is 61.8 Å². The van der Waals surface area contributed by atoms with Crippen LogP contribution in [0.15, 0.2) is 15.9 Å². The number of aryl methyl sites for hydroxylation is 2. The summed E-state index contributed by atoms with van der Waals surface area (Å²) < 4.78 is 3.54. The summed E-state index contributed by atoms with van der Waals surface area (Å²) in [4.78, 5) is 27.2. The predicted molar refractivity (Wildman–Crippen MR) is 54.4 cm³/mol. The van der Waals surface area contributed by atoms with Crippen LogP contribution in [0.25, 0.3) is 11.2 Å². The molecule has 0 saturated heterocycles. The van der Waals surface area contributed by atoms with Crippen molar-refractivity contribution in [3.8, 4) is 12.5 Å². The molecule has 0 atom stereocenters. The Kier molecular flexibility index (Phi) is 1.76. The SMILES string of the molecule is C#Cn1cnc2c(c1=O)n(C)c(=O)n2C. The Morgan fingerprint density at radius 2 is 2.00 bits per heavy atom. The standard InChI is InChI=1S/C9H8N4O2/c1-4-13-5-10-7-6(8(13)14)11(2)9(15)12(7)3/h1,5H,2-3H3. The van der Waals surface area contributed by atoms with Crippen LogP contribution < -0.4 is 11.2 Å². The highest BCUT2D eigenvalue weighted by atomic mass is 16.2. The summed E-state index contributed by atoms with van der Waals surface area (Å²) in [6, 6.07) is 2.16. The third-order valence-corrected chi connectivity index (χ3v) is 2.29. The summed E-state index contributed by atoms with van der Waals surface area (Å²) in [5.41, 5.74) is -0.172. The second-order valence-corrected chi connectivity index (χ2v) is 3.12. The van der Waals surface area contributed by atoms with E-state index in [4.69, 9.17) is 6.42 Å². The molecule has 15 heavy (non-hydrogen) atoms. The second kappa shape index (κ2) is 2.85. The molecule has 0 unspecified atom stereocenters. The molecular formula is C9H8N4O2. The van der Waals surface area contributed by atoms with Gasteiger partial charge in [-0.2, -0.15) is 0 Å². The number of rotatable bonds is 0. The van der Waals surface area contributed by atoms with Crippen LogP contribution in [-0.4, -0.2) is 18.7 Å². The first kappa shape index (κ1) is 9.27. The highest BCUT2D eigenvalue weighted by molar-refractivity contribution is 5.70. The molecule has 0 bridgehead atoms. The lowest BCUT2D eigenvalue weighted by molar-refractivity contribution is 0.791. The molecule has 0 fully saturated rings. The minimum Gasteiger partial charge on any atom is -0.289 e. The molecule has 0 aromatic carbocycles. The highest BCUT2D eigenvalue weighted by Crippen LogP contribution is 2.00. The number of fused-ring (bicyclic) bond motifs is 1. The third kappa shape index (κ3) is 1.03. The lowest BCUT2D eigenvalue weighted by Crippen LogP contribution is -2.22. The molecule has 2 aromatic heterocycles. The van der Waals surface area contributed by atoms with E-state index in [9.17, 15) is 9.59 Å². The third-order valence-electron chi connectivity index (χ3n) is 2.29. The number of imidazole rings is 1. The normalized spacial score (nSPS) is 10.5. The van der Waals surface area contributed by atoms with Crippen molar-refractivity contribution in [2.75, 3.05) is 0 Å². The Balaban J connectivity index is 3.16. The van der Waals surface area contributed by atoms with Gasteiger partial charge < -0.3 is 0 Å². The van der Waals surface area contributed by atoms with Gasteiger partial charge in [0.05, 0.1) is 0 Å². The van der Waals surface area contributed by atoms with Crippen molar-refractivity contribution in [1.82, 2.24) is 18.7 Å². The molecule has 0 aliphatic carbocycles. The molecular weight excluding hydrogens is 196 g/mol. The van der Waals surface area contributed by atoms with Gasteiger partial charge >= 0.3 is 5.69 Å².